The number of nitrogens with zero attached hydrogens (tertiary/aromatic N) is 2. The van der Waals surface area contributed by atoms with Crippen molar-refractivity contribution in [2.45, 2.75) is 0 Å². The summed E-state index contributed by atoms with van der Waals surface area (Å²) in [7, 11) is 0. The molecule has 0 amide bonds. The zero-order valence-electron chi connectivity index (χ0n) is 2.92. The van der Waals surface area contributed by atoms with Gasteiger partial charge in [-0.25, -0.2) is 0 Å². The average Bonchev–Trinajstić information content (AvgIpc) is 1.86. The molecule has 0 aromatic heterocycles. The number of hydrogen-bond acceptors (Lipinski definition) is 3. The van der Waals surface area contributed by atoms with Gasteiger partial charge in [0.05, 0.1) is 5.75 Å². The van der Waals surface area contributed by atoms with Gasteiger partial charge in [0.25, 0.3) is 0 Å². The van der Waals surface area contributed by atoms with Gasteiger partial charge >= 0.3 is 0 Å². The molecule has 0 aromatic rings. The van der Waals surface area contributed by atoms with Gasteiger partial charge < -0.3 is 0 Å². The second-order valence-corrected chi connectivity index (χ2v) is 2.03. The standard InChI is InChI=1S/C2H2N2S2/c5-2-1-6-4-3-2/h1H2. The Morgan fingerprint density at radius 1 is 1.83 bits per heavy atom. The minimum Gasteiger partial charge on any atom is -0.135 e. The first-order valence-electron chi connectivity index (χ1n) is 1.45. The van der Waals surface area contributed by atoms with E-state index in [0.717, 1.165) is 5.75 Å². The Kier molecular flexibility index (Phi) is 1.16. The summed E-state index contributed by atoms with van der Waals surface area (Å²) in [5, 5.41) is 3.56. The molecule has 0 atom stereocenters. The highest BCUT2D eigenvalue weighted by Crippen LogP contribution is 2.11. The first-order valence-corrected chi connectivity index (χ1v) is 2.80. The maximum atomic E-state index is 4.64. The largest absolute Gasteiger partial charge is 0.138 e. The molecule has 0 spiro atoms. The maximum Gasteiger partial charge on any atom is 0.138 e. The Hall–Kier alpha value is 0.0400. The monoisotopic (exact) mass is 118 g/mol. The van der Waals surface area contributed by atoms with Crippen LogP contribution >= 0.6 is 24.2 Å². The molecule has 6 heavy (non-hydrogen) atoms. The molecule has 0 N–H and O–H groups in total. The molecule has 1 aliphatic heterocycles. The molecule has 0 saturated heterocycles. The summed E-state index contributed by atoms with van der Waals surface area (Å²) in [4.78, 5) is 0.708. The zero-order valence-corrected chi connectivity index (χ0v) is 4.55. The molecule has 1 rings (SSSR count). The normalized spacial score (nSPS) is 19.7. The molecule has 0 bridgehead atoms. The van der Waals surface area contributed by atoms with Gasteiger partial charge in [0, 0.05) is 11.9 Å². The van der Waals surface area contributed by atoms with Gasteiger partial charge in [0.1, 0.15) is 4.99 Å². The van der Waals surface area contributed by atoms with Crippen LogP contribution in [0.1, 0.15) is 0 Å². The summed E-state index contributed by atoms with van der Waals surface area (Å²) in [5.74, 6) is 0.801. The van der Waals surface area contributed by atoms with Crippen LogP contribution in [0.4, 0.5) is 0 Å². The van der Waals surface area contributed by atoms with Crippen molar-refractivity contribution in [3.63, 3.8) is 0 Å². The van der Waals surface area contributed by atoms with E-state index in [1.165, 1.54) is 11.9 Å². The molecule has 1 heterocycles. The van der Waals surface area contributed by atoms with Crippen LogP contribution in [0, 0.1) is 0 Å². The molecule has 4 heteroatoms. The van der Waals surface area contributed by atoms with Gasteiger partial charge in [0.2, 0.25) is 0 Å². The lowest BCUT2D eigenvalue weighted by atomic mass is 10.8. The Balaban J connectivity index is 2.59. The number of hydrogen-bond donors (Lipinski definition) is 0. The van der Waals surface area contributed by atoms with Crippen molar-refractivity contribution in [2.75, 3.05) is 5.75 Å². The molecule has 1 aliphatic rings. The summed E-state index contributed by atoms with van der Waals surface area (Å²) in [6.45, 7) is 0. The molecular weight excluding hydrogens is 116 g/mol. The predicted octanol–water partition coefficient (Wildman–Crippen LogP) is 1.43. The summed E-state index contributed by atoms with van der Waals surface area (Å²) < 4.78 is 3.56. The molecule has 0 fully saturated rings. The SMILES string of the molecule is S=C1CSN=N1. The zero-order chi connectivity index (χ0) is 4.41. The van der Waals surface area contributed by atoms with Gasteiger partial charge in [0.15, 0.2) is 0 Å². The molecule has 0 unspecified atom stereocenters. The van der Waals surface area contributed by atoms with Crippen molar-refractivity contribution in [3.8, 4) is 0 Å². The van der Waals surface area contributed by atoms with Crippen molar-refractivity contribution >= 4 is 29.2 Å². The fourth-order valence-corrected chi connectivity index (χ4v) is 0.820. The van der Waals surface area contributed by atoms with E-state index in [1.807, 2.05) is 0 Å². The maximum absolute atomic E-state index is 4.64. The summed E-state index contributed by atoms with van der Waals surface area (Å²) in [6, 6.07) is 0. The van der Waals surface area contributed by atoms with Gasteiger partial charge in [-0.2, -0.15) is 0 Å². The quantitative estimate of drug-likeness (QED) is 0.355. The Labute approximate surface area is 45.2 Å². The molecule has 0 saturated carbocycles. The molecular formula is C2H2N2S2. The summed E-state index contributed by atoms with van der Waals surface area (Å²) >= 11 is 6.04. The highest BCUT2D eigenvalue weighted by atomic mass is 32.2. The number of rotatable bonds is 0. The first kappa shape index (κ1) is 4.21. The van der Waals surface area contributed by atoms with E-state index in [4.69, 9.17) is 0 Å². The molecule has 0 radical (unpaired) electrons. The second-order valence-electron chi connectivity index (χ2n) is 0.849. The van der Waals surface area contributed by atoms with E-state index in [2.05, 4.69) is 21.9 Å². The first-order chi connectivity index (χ1) is 2.89. The topological polar surface area (TPSA) is 24.7 Å². The molecule has 0 aromatic carbocycles. The molecule has 32 valence electrons. The fourth-order valence-electron chi connectivity index (χ4n) is 0.187. The van der Waals surface area contributed by atoms with Crippen LogP contribution in [0.5, 0.6) is 0 Å². The van der Waals surface area contributed by atoms with E-state index in [9.17, 15) is 0 Å². The van der Waals surface area contributed by atoms with Crippen molar-refractivity contribution in [2.24, 2.45) is 9.63 Å². The van der Waals surface area contributed by atoms with Gasteiger partial charge in [-0.1, -0.05) is 12.2 Å². The van der Waals surface area contributed by atoms with Gasteiger partial charge in [-0.05, 0) is 0 Å². The lowest BCUT2D eigenvalue weighted by Crippen LogP contribution is -1.81. The van der Waals surface area contributed by atoms with E-state index in [-0.39, 0.29) is 0 Å². The third kappa shape index (κ3) is 0.753. The fraction of sp³-hybridized carbons (Fsp3) is 0.500. The van der Waals surface area contributed by atoms with Crippen molar-refractivity contribution in [1.82, 2.24) is 0 Å². The van der Waals surface area contributed by atoms with Gasteiger partial charge in [-0.3, -0.25) is 0 Å². The van der Waals surface area contributed by atoms with Crippen molar-refractivity contribution in [1.29, 1.82) is 0 Å². The second kappa shape index (κ2) is 1.66. The summed E-state index contributed by atoms with van der Waals surface area (Å²) in [5.41, 5.74) is 0. The van der Waals surface area contributed by atoms with E-state index < -0.39 is 0 Å². The van der Waals surface area contributed by atoms with Crippen LogP contribution < -0.4 is 0 Å². The molecule has 0 aliphatic carbocycles. The predicted molar refractivity (Wildman–Crippen MR) is 29.9 cm³/mol. The van der Waals surface area contributed by atoms with Crippen LogP contribution in [0.25, 0.3) is 0 Å². The highest BCUT2D eigenvalue weighted by Gasteiger charge is 1.98. The smallest absolute Gasteiger partial charge is 0.135 e. The minimum atomic E-state index is 0.708. The van der Waals surface area contributed by atoms with Crippen molar-refractivity contribution in [3.05, 3.63) is 0 Å². The van der Waals surface area contributed by atoms with E-state index in [0.29, 0.717) is 4.99 Å². The van der Waals surface area contributed by atoms with Crippen LogP contribution in [-0.4, -0.2) is 10.7 Å². The third-order valence-corrected chi connectivity index (χ3v) is 1.41. The van der Waals surface area contributed by atoms with Gasteiger partial charge in [-0.15, -0.1) is 9.63 Å². The Morgan fingerprint density at radius 3 is 2.83 bits per heavy atom. The Bertz CT molecular complexity index is 97.7. The lowest BCUT2D eigenvalue weighted by Gasteiger charge is -1.68. The van der Waals surface area contributed by atoms with E-state index in [1.54, 1.807) is 0 Å². The highest BCUT2D eigenvalue weighted by molar-refractivity contribution is 8.00. The summed E-state index contributed by atoms with van der Waals surface area (Å²) in [6.07, 6.45) is 0. The third-order valence-electron chi connectivity index (χ3n) is 0.398. The van der Waals surface area contributed by atoms with Crippen LogP contribution in [0.15, 0.2) is 9.63 Å². The van der Waals surface area contributed by atoms with Crippen LogP contribution in [0.3, 0.4) is 0 Å². The lowest BCUT2D eigenvalue weighted by molar-refractivity contribution is 1.48. The van der Waals surface area contributed by atoms with Crippen molar-refractivity contribution < 1.29 is 0 Å². The van der Waals surface area contributed by atoms with Crippen LogP contribution in [0.2, 0.25) is 0 Å². The number of thiocarbonyl (C=S) groups is 1. The Morgan fingerprint density at radius 2 is 2.67 bits per heavy atom. The average molecular weight is 118 g/mol. The van der Waals surface area contributed by atoms with E-state index >= 15 is 0 Å². The minimum absolute atomic E-state index is 0.708. The van der Waals surface area contributed by atoms with Crippen LogP contribution in [-0.2, 0) is 0 Å². The molecule has 2 nitrogen and oxygen atoms in total.